The molecule has 1 N–H and O–H groups in total. The van der Waals surface area contributed by atoms with Crippen LogP contribution in [0, 0.1) is 12.7 Å². The number of benzene rings is 1. The average Bonchev–Trinajstić information content (AvgIpc) is 3.04. The van der Waals surface area contributed by atoms with Gasteiger partial charge in [0.15, 0.2) is 11.6 Å². The fourth-order valence-electron chi connectivity index (χ4n) is 1.87. The van der Waals surface area contributed by atoms with Crippen LogP contribution in [-0.4, -0.2) is 18.7 Å². The van der Waals surface area contributed by atoms with Crippen LogP contribution in [-0.2, 0) is 0 Å². The summed E-state index contributed by atoms with van der Waals surface area (Å²) in [6.07, 6.45) is 3.13. The van der Waals surface area contributed by atoms with Crippen molar-refractivity contribution >= 4 is 0 Å². The van der Waals surface area contributed by atoms with E-state index in [-0.39, 0.29) is 11.4 Å². The van der Waals surface area contributed by atoms with Gasteiger partial charge in [-0.15, -0.1) is 0 Å². The van der Waals surface area contributed by atoms with E-state index in [0.717, 1.165) is 37.9 Å². The summed E-state index contributed by atoms with van der Waals surface area (Å²) >= 11 is 0. The molecule has 0 heterocycles. The smallest absolute Gasteiger partial charge is 0.165 e. The standard InChI is InChI=1S/C14H20FNO/c1-3-8-16-10-14(6-7-14)17-13-9-11(2)4-5-12(13)15/h4-5,9,16H,3,6-8,10H2,1-2H3. The van der Waals surface area contributed by atoms with E-state index in [9.17, 15) is 4.39 Å². The molecule has 0 atom stereocenters. The highest BCUT2D eigenvalue weighted by molar-refractivity contribution is 5.30. The van der Waals surface area contributed by atoms with Gasteiger partial charge in [-0.1, -0.05) is 13.0 Å². The van der Waals surface area contributed by atoms with E-state index in [2.05, 4.69) is 12.2 Å². The molecule has 1 aromatic carbocycles. The average molecular weight is 237 g/mol. The summed E-state index contributed by atoms with van der Waals surface area (Å²) in [6.45, 7) is 5.88. The molecule has 1 aliphatic rings. The van der Waals surface area contributed by atoms with E-state index in [4.69, 9.17) is 4.74 Å². The lowest BCUT2D eigenvalue weighted by Gasteiger charge is -2.19. The minimum Gasteiger partial charge on any atom is -0.483 e. The van der Waals surface area contributed by atoms with Crippen LogP contribution >= 0.6 is 0 Å². The number of ether oxygens (including phenoxy) is 1. The Balaban J connectivity index is 1.97. The summed E-state index contributed by atoms with van der Waals surface area (Å²) in [5.74, 6) is 0.123. The van der Waals surface area contributed by atoms with Crippen molar-refractivity contribution in [3.63, 3.8) is 0 Å². The summed E-state index contributed by atoms with van der Waals surface area (Å²) < 4.78 is 19.4. The highest BCUT2D eigenvalue weighted by atomic mass is 19.1. The molecule has 0 aliphatic heterocycles. The predicted octanol–water partition coefficient (Wildman–Crippen LogP) is 3.05. The van der Waals surface area contributed by atoms with Crippen LogP contribution < -0.4 is 10.1 Å². The van der Waals surface area contributed by atoms with Gasteiger partial charge in [0.05, 0.1) is 0 Å². The van der Waals surface area contributed by atoms with Crippen molar-refractivity contribution in [1.82, 2.24) is 5.32 Å². The zero-order chi connectivity index (χ0) is 12.3. The van der Waals surface area contributed by atoms with Crippen LogP contribution in [0.15, 0.2) is 18.2 Å². The Morgan fingerprint density at radius 3 is 2.82 bits per heavy atom. The maximum atomic E-state index is 13.6. The van der Waals surface area contributed by atoms with Gasteiger partial charge in [0, 0.05) is 6.54 Å². The summed E-state index contributed by atoms with van der Waals surface area (Å²) in [5.41, 5.74) is 0.864. The Labute approximate surface area is 102 Å². The minimum atomic E-state index is -0.266. The van der Waals surface area contributed by atoms with Gasteiger partial charge in [0.25, 0.3) is 0 Å². The van der Waals surface area contributed by atoms with Crippen molar-refractivity contribution in [2.45, 2.75) is 38.7 Å². The van der Waals surface area contributed by atoms with E-state index in [1.165, 1.54) is 6.07 Å². The van der Waals surface area contributed by atoms with Crippen molar-refractivity contribution in [1.29, 1.82) is 0 Å². The molecule has 1 saturated carbocycles. The molecule has 94 valence electrons. The molecular formula is C14H20FNO. The van der Waals surface area contributed by atoms with Crippen molar-refractivity contribution in [2.24, 2.45) is 0 Å². The molecular weight excluding hydrogens is 217 g/mol. The number of halogens is 1. The number of aryl methyl sites for hydroxylation is 1. The maximum Gasteiger partial charge on any atom is 0.165 e. The fraction of sp³-hybridized carbons (Fsp3) is 0.571. The molecule has 2 nitrogen and oxygen atoms in total. The molecule has 0 spiro atoms. The lowest BCUT2D eigenvalue weighted by atomic mass is 10.2. The van der Waals surface area contributed by atoms with E-state index in [1.807, 2.05) is 6.92 Å². The topological polar surface area (TPSA) is 21.3 Å². The van der Waals surface area contributed by atoms with Crippen molar-refractivity contribution in [3.05, 3.63) is 29.6 Å². The second-order valence-electron chi connectivity index (χ2n) is 4.90. The zero-order valence-corrected chi connectivity index (χ0v) is 10.6. The lowest BCUT2D eigenvalue weighted by molar-refractivity contribution is 0.168. The number of rotatable bonds is 6. The number of nitrogens with one attached hydrogen (secondary N) is 1. The number of hydrogen-bond acceptors (Lipinski definition) is 2. The van der Waals surface area contributed by atoms with Crippen LogP contribution in [0.3, 0.4) is 0 Å². The summed E-state index contributed by atoms with van der Waals surface area (Å²) in [7, 11) is 0. The molecule has 0 saturated heterocycles. The first-order chi connectivity index (χ1) is 8.15. The summed E-state index contributed by atoms with van der Waals surface area (Å²) in [5, 5.41) is 3.34. The highest BCUT2D eigenvalue weighted by Crippen LogP contribution is 2.40. The lowest BCUT2D eigenvalue weighted by Crippen LogP contribution is -2.34. The highest BCUT2D eigenvalue weighted by Gasteiger charge is 2.45. The molecule has 17 heavy (non-hydrogen) atoms. The van der Waals surface area contributed by atoms with Gasteiger partial charge in [0.2, 0.25) is 0 Å². The quantitative estimate of drug-likeness (QED) is 0.768. The first kappa shape index (κ1) is 12.4. The Morgan fingerprint density at radius 1 is 1.41 bits per heavy atom. The molecule has 1 aliphatic carbocycles. The van der Waals surface area contributed by atoms with Gasteiger partial charge in [-0.3, -0.25) is 0 Å². The molecule has 0 radical (unpaired) electrons. The molecule has 1 fully saturated rings. The molecule has 1 aromatic rings. The molecule has 0 amide bonds. The van der Waals surface area contributed by atoms with Crippen LogP contribution in [0.25, 0.3) is 0 Å². The minimum absolute atomic E-state index is 0.163. The molecule has 2 rings (SSSR count). The largest absolute Gasteiger partial charge is 0.483 e. The van der Waals surface area contributed by atoms with Gasteiger partial charge >= 0.3 is 0 Å². The second-order valence-corrected chi connectivity index (χ2v) is 4.90. The predicted molar refractivity (Wildman–Crippen MR) is 66.9 cm³/mol. The van der Waals surface area contributed by atoms with Crippen LogP contribution in [0.4, 0.5) is 4.39 Å². The van der Waals surface area contributed by atoms with Crippen LogP contribution in [0.2, 0.25) is 0 Å². The van der Waals surface area contributed by atoms with E-state index < -0.39 is 0 Å². The first-order valence-corrected chi connectivity index (χ1v) is 6.31. The van der Waals surface area contributed by atoms with Gasteiger partial charge in [0.1, 0.15) is 5.60 Å². The Bertz CT molecular complexity index is 388. The molecule has 0 unspecified atom stereocenters. The van der Waals surface area contributed by atoms with E-state index in [1.54, 1.807) is 12.1 Å². The third-order valence-corrected chi connectivity index (χ3v) is 3.09. The van der Waals surface area contributed by atoms with Gasteiger partial charge in [-0.05, 0) is 50.4 Å². The van der Waals surface area contributed by atoms with E-state index >= 15 is 0 Å². The molecule has 0 bridgehead atoms. The maximum absolute atomic E-state index is 13.6. The van der Waals surface area contributed by atoms with Gasteiger partial charge in [-0.25, -0.2) is 4.39 Å². The zero-order valence-electron chi connectivity index (χ0n) is 10.6. The third kappa shape index (κ3) is 3.19. The Morgan fingerprint density at radius 2 is 2.18 bits per heavy atom. The molecule has 0 aromatic heterocycles. The number of hydrogen-bond donors (Lipinski definition) is 1. The van der Waals surface area contributed by atoms with Crippen molar-refractivity contribution in [2.75, 3.05) is 13.1 Å². The first-order valence-electron chi connectivity index (χ1n) is 6.31. The van der Waals surface area contributed by atoms with Crippen LogP contribution in [0.5, 0.6) is 5.75 Å². The third-order valence-electron chi connectivity index (χ3n) is 3.09. The van der Waals surface area contributed by atoms with Gasteiger partial charge < -0.3 is 10.1 Å². The monoisotopic (exact) mass is 237 g/mol. The summed E-state index contributed by atoms with van der Waals surface area (Å²) in [4.78, 5) is 0. The normalized spacial score (nSPS) is 16.9. The van der Waals surface area contributed by atoms with Gasteiger partial charge in [-0.2, -0.15) is 0 Å². The van der Waals surface area contributed by atoms with Crippen molar-refractivity contribution < 1.29 is 9.13 Å². The van der Waals surface area contributed by atoms with Crippen LogP contribution in [0.1, 0.15) is 31.7 Å². The fourth-order valence-corrected chi connectivity index (χ4v) is 1.87. The second kappa shape index (κ2) is 5.05. The summed E-state index contributed by atoms with van der Waals surface area (Å²) in [6, 6.07) is 5.01. The molecule has 3 heteroatoms. The SMILES string of the molecule is CCCNCC1(Oc2cc(C)ccc2F)CC1. The Hall–Kier alpha value is -1.09. The Kier molecular flexibility index (Phi) is 3.67. The van der Waals surface area contributed by atoms with Crippen molar-refractivity contribution in [3.8, 4) is 5.75 Å². The van der Waals surface area contributed by atoms with E-state index in [0.29, 0.717) is 5.75 Å².